The summed E-state index contributed by atoms with van der Waals surface area (Å²) in [7, 11) is -18.5. The Labute approximate surface area is 423 Å². The summed E-state index contributed by atoms with van der Waals surface area (Å²) in [5.41, 5.74) is 13.1. The standard InChI is InChI=1S/C34H28N6O16S4.3Li.Na/c1-55-25-9-15(3-5-23(25)37-39-31-27(59(49,50)51)11-17-7-19(57(43,44)45)13-21(35)29(17)33(31)41)16-4-6-24(26(10-16)56-2)38-40-32-28(60(52,53)54)12-18-8-20(58(46,47)48)14-22(36)30(18)34(32)42;;;;/h3-14,37-38H,35-36H2,1-2H3,(H,43,44,45)(H,46,47,48)(H,49,50,51)(H,52,53,54);;;;/q;4*+1/p-4/b39-31+,40-32+;;;;. The Balaban J connectivity index is 0.00000352. The number of nitrogens with zero attached hydrogens (tertiary/aromatic N) is 2. The van der Waals surface area contributed by atoms with E-state index in [2.05, 4.69) is 21.1 Å². The monoisotopic (exact) mass is 944 g/mol. The second kappa shape index (κ2) is 20.8. The van der Waals surface area contributed by atoms with E-state index in [1.54, 1.807) is 0 Å². The zero-order valence-electron chi connectivity index (χ0n) is 34.1. The van der Waals surface area contributed by atoms with Gasteiger partial charge >= 0.3 is 86.1 Å². The van der Waals surface area contributed by atoms with Gasteiger partial charge in [0, 0.05) is 11.4 Å². The number of ketones is 2. The van der Waals surface area contributed by atoms with E-state index in [9.17, 15) is 61.5 Å². The third-order valence-electron chi connectivity index (χ3n) is 8.70. The first kappa shape index (κ1) is 56.4. The molecule has 22 nitrogen and oxygen atoms in total. The van der Waals surface area contributed by atoms with Crippen LogP contribution in [0.1, 0.15) is 31.8 Å². The Kier molecular flexibility index (Phi) is 18.4. The number of carbonyl (C=O) groups excluding carboxylic acids is 2. The molecule has 4 aromatic rings. The summed E-state index contributed by atoms with van der Waals surface area (Å²) in [6, 6.07) is 11.5. The predicted octanol–water partition coefficient (Wildman–Crippen LogP) is -10.5. The summed E-state index contributed by atoms with van der Waals surface area (Å²) in [6.45, 7) is 0. The third kappa shape index (κ3) is 11.6. The van der Waals surface area contributed by atoms with Crippen molar-refractivity contribution in [2.75, 3.05) is 36.5 Å². The molecular weight excluding hydrogens is 920 g/mol. The number of nitrogen functional groups attached to an aromatic ring is 2. The number of allylic oxidation sites excluding steroid dienone is 2. The summed E-state index contributed by atoms with van der Waals surface area (Å²) in [5.74, 6) is -2.25. The molecule has 0 atom stereocenters. The summed E-state index contributed by atoms with van der Waals surface area (Å²) in [6.07, 6.45) is 1.32. The number of anilines is 4. The fourth-order valence-electron chi connectivity index (χ4n) is 5.99. The van der Waals surface area contributed by atoms with E-state index in [0.717, 1.165) is 0 Å². The molecule has 0 aromatic heterocycles. The summed E-state index contributed by atoms with van der Waals surface area (Å²) in [4.78, 5) is 22.8. The van der Waals surface area contributed by atoms with Gasteiger partial charge in [-0.3, -0.25) is 20.4 Å². The maximum atomic E-state index is 13.4. The Hall–Kier alpha value is -3.73. The van der Waals surface area contributed by atoms with Gasteiger partial charge in [-0.2, -0.15) is 10.2 Å². The molecule has 0 amide bonds. The van der Waals surface area contributed by atoms with Gasteiger partial charge in [0.15, 0.2) is 0 Å². The second-order valence-electron chi connectivity index (χ2n) is 12.4. The van der Waals surface area contributed by atoms with Crippen LogP contribution in [0.4, 0.5) is 22.7 Å². The molecule has 2 aliphatic carbocycles. The Morgan fingerprint density at radius 1 is 0.531 bits per heavy atom. The number of hydrogen-bond acceptors (Lipinski definition) is 22. The van der Waals surface area contributed by atoms with E-state index >= 15 is 0 Å². The van der Waals surface area contributed by atoms with Crippen molar-refractivity contribution in [1.82, 2.24) is 0 Å². The van der Waals surface area contributed by atoms with E-state index in [1.807, 2.05) is 0 Å². The molecule has 0 radical (unpaired) electrons. The first-order valence-electron chi connectivity index (χ1n) is 16.1. The van der Waals surface area contributed by atoms with Crippen molar-refractivity contribution in [3.63, 3.8) is 0 Å². The van der Waals surface area contributed by atoms with Crippen LogP contribution in [-0.2, 0) is 40.5 Å². The van der Waals surface area contributed by atoms with Crippen LogP contribution in [-0.4, -0.2) is 89.1 Å². The number of nitrogens with two attached hydrogens (primary N) is 2. The van der Waals surface area contributed by atoms with Gasteiger partial charge in [0.05, 0.1) is 56.3 Å². The topological polar surface area (TPSA) is 382 Å². The number of ether oxygens (including phenoxy) is 2. The van der Waals surface area contributed by atoms with E-state index < -0.39 is 117 Å². The van der Waals surface area contributed by atoms with Crippen LogP contribution < -0.4 is 118 Å². The third-order valence-corrected chi connectivity index (χ3v) is 12.0. The molecule has 4 aromatic carbocycles. The number of fused-ring (bicyclic) bond motifs is 2. The number of hydrazone groups is 2. The molecule has 6 rings (SSSR count). The molecule has 0 saturated carbocycles. The fraction of sp³-hybridized carbons (Fsp3) is 0.0588. The van der Waals surface area contributed by atoms with Gasteiger partial charge in [-0.25, -0.2) is 33.7 Å². The maximum Gasteiger partial charge on any atom is 1.00 e. The summed E-state index contributed by atoms with van der Waals surface area (Å²) in [5, 5.41) is 7.69. The average Bonchev–Trinajstić information content (AvgIpc) is 3.14. The van der Waals surface area contributed by atoms with Crippen LogP contribution in [0, 0.1) is 0 Å². The number of hydrogen-bond donors (Lipinski definition) is 4. The zero-order valence-corrected chi connectivity index (χ0v) is 39.4. The minimum Gasteiger partial charge on any atom is -0.744 e. The number of rotatable bonds is 11. The molecule has 2 aliphatic rings. The normalized spacial score (nSPS) is 14.8. The predicted molar refractivity (Wildman–Crippen MR) is 209 cm³/mol. The van der Waals surface area contributed by atoms with Gasteiger partial charge in [0.1, 0.15) is 63.4 Å². The number of benzene rings is 4. The van der Waals surface area contributed by atoms with E-state index in [0.29, 0.717) is 47.5 Å². The van der Waals surface area contributed by atoms with Crippen molar-refractivity contribution in [2.24, 2.45) is 10.2 Å². The summed E-state index contributed by atoms with van der Waals surface area (Å²) >= 11 is 0. The first-order chi connectivity index (χ1) is 27.8. The molecule has 0 spiro atoms. The molecule has 0 saturated heterocycles. The molecule has 0 heterocycles. The minimum absolute atomic E-state index is 0. The van der Waals surface area contributed by atoms with Gasteiger partial charge in [0.25, 0.3) is 0 Å². The maximum absolute atomic E-state index is 13.4. The van der Waals surface area contributed by atoms with E-state index in [1.165, 1.54) is 50.6 Å². The Bertz CT molecular complexity index is 2990. The van der Waals surface area contributed by atoms with Crippen molar-refractivity contribution >= 4 is 98.4 Å². The minimum atomic E-state index is -5.43. The molecule has 0 fully saturated rings. The zero-order chi connectivity index (χ0) is 44.3. The van der Waals surface area contributed by atoms with Crippen LogP contribution in [0.5, 0.6) is 11.5 Å². The number of methoxy groups -OCH3 is 2. The van der Waals surface area contributed by atoms with Crippen LogP contribution in [0.2, 0.25) is 0 Å². The van der Waals surface area contributed by atoms with Crippen molar-refractivity contribution in [3.05, 3.63) is 92.7 Å². The average molecular weight is 945 g/mol. The fourth-order valence-corrected chi connectivity index (χ4v) is 8.37. The SMILES string of the molecule is COc1cc(-c2ccc(N/N=C3/C(=O)c4c(N)cc(S(=O)(=O)[O-])cc4C=C3S(=O)(=O)[O-])c(OC)c2)ccc1N/N=C1/C(=O)c2c(N)cc(S(=O)(=O)[O-])cc2C=C1S(=O)(=O)[O-].[Li+].[Li+].[Li+].[Na+]. The van der Waals surface area contributed by atoms with Crippen molar-refractivity contribution in [1.29, 1.82) is 0 Å². The Morgan fingerprint density at radius 3 is 1.14 bits per heavy atom. The second-order valence-corrected chi connectivity index (χ2v) is 17.9. The number of carbonyl (C=O) groups is 2. The van der Waals surface area contributed by atoms with Crippen molar-refractivity contribution < 1.29 is 157 Å². The molecule has 64 heavy (non-hydrogen) atoms. The molecule has 0 bridgehead atoms. The number of Topliss-reactive ketones (excluding diaryl/α,β-unsaturated/α-hetero) is 2. The van der Waals surface area contributed by atoms with Gasteiger partial charge < -0.3 is 39.2 Å². The van der Waals surface area contributed by atoms with Crippen LogP contribution in [0.15, 0.2) is 90.5 Å². The molecule has 0 aliphatic heterocycles. The largest absolute Gasteiger partial charge is 1.00 e. The smallest absolute Gasteiger partial charge is 0.744 e. The van der Waals surface area contributed by atoms with Crippen molar-refractivity contribution in [3.8, 4) is 22.6 Å². The van der Waals surface area contributed by atoms with Crippen molar-refractivity contribution in [2.45, 2.75) is 9.79 Å². The molecular formula is C34H24Li3N6NaO16S4. The van der Waals surface area contributed by atoms with Crippen LogP contribution in [0.25, 0.3) is 23.3 Å². The van der Waals surface area contributed by atoms with Crippen LogP contribution >= 0.6 is 0 Å². The van der Waals surface area contributed by atoms with Gasteiger partial charge in [-0.15, -0.1) is 0 Å². The quantitative estimate of drug-likeness (QED) is 0.0469. The van der Waals surface area contributed by atoms with Crippen LogP contribution in [0.3, 0.4) is 0 Å². The molecule has 0 unspecified atom stereocenters. The molecule has 30 heteroatoms. The number of nitrogens with one attached hydrogen (secondary N) is 2. The molecule has 6 N–H and O–H groups in total. The van der Waals surface area contributed by atoms with Gasteiger partial charge in [0.2, 0.25) is 11.6 Å². The van der Waals surface area contributed by atoms with Gasteiger partial charge in [-0.1, -0.05) is 12.1 Å². The Morgan fingerprint density at radius 2 is 0.859 bits per heavy atom. The summed E-state index contributed by atoms with van der Waals surface area (Å²) < 4.78 is 153. The van der Waals surface area contributed by atoms with Gasteiger partial charge in [-0.05, 0) is 82.9 Å². The first-order valence-corrected chi connectivity index (χ1v) is 21.7. The molecule has 314 valence electrons. The van der Waals surface area contributed by atoms with E-state index in [-0.39, 0.29) is 109 Å². The van der Waals surface area contributed by atoms with E-state index in [4.69, 9.17) is 20.9 Å².